The summed E-state index contributed by atoms with van der Waals surface area (Å²) in [7, 11) is 0. The Morgan fingerprint density at radius 2 is 2.11 bits per heavy atom. The molecule has 104 valence electrons. The van der Waals surface area contributed by atoms with Gasteiger partial charge >= 0.3 is 0 Å². The van der Waals surface area contributed by atoms with Gasteiger partial charge in [0.05, 0.1) is 6.61 Å². The molecule has 1 saturated heterocycles. The largest absolute Gasteiger partial charge is 0.467 e. The van der Waals surface area contributed by atoms with Crippen LogP contribution in [0.15, 0.2) is 16.6 Å². The van der Waals surface area contributed by atoms with Crippen molar-refractivity contribution < 1.29 is 9.47 Å². The molecule has 0 atom stereocenters. The van der Waals surface area contributed by atoms with E-state index in [1.54, 1.807) is 0 Å². The summed E-state index contributed by atoms with van der Waals surface area (Å²) in [6.07, 6.45) is 1.05. The molecule has 0 bridgehead atoms. The molecule has 4 nitrogen and oxygen atoms in total. The highest BCUT2D eigenvalue weighted by Crippen LogP contribution is 2.30. The molecule has 0 radical (unpaired) electrons. The van der Waals surface area contributed by atoms with Crippen molar-refractivity contribution in [3.05, 3.63) is 27.7 Å². The van der Waals surface area contributed by atoms with E-state index in [-0.39, 0.29) is 0 Å². The van der Waals surface area contributed by atoms with Crippen LogP contribution in [0.3, 0.4) is 0 Å². The lowest BCUT2D eigenvalue weighted by molar-refractivity contribution is -0.0164. The molecule has 2 heterocycles. The maximum atomic E-state index is 5.54. The van der Waals surface area contributed by atoms with Crippen LogP contribution < -0.4 is 10.1 Å². The molecule has 2 aliphatic heterocycles. The lowest BCUT2D eigenvalue weighted by atomic mass is 10.1. The summed E-state index contributed by atoms with van der Waals surface area (Å²) in [5.74, 6) is 0.977. The summed E-state index contributed by atoms with van der Waals surface area (Å²) >= 11 is 3.66. The Morgan fingerprint density at radius 3 is 2.95 bits per heavy atom. The second-order valence-electron chi connectivity index (χ2n) is 5.00. The lowest BCUT2D eigenvalue weighted by Crippen LogP contribution is -2.44. The quantitative estimate of drug-likeness (QED) is 0.917. The minimum absolute atomic E-state index is 0.367. The van der Waals surface area contributed by atoms with Gasteiger partial charge in [0, 0.05) is 42.8 Å². The van der Waals surface area contributed by atoms with Crippen molar-refractivity contribution in [1.29, 1.82) is 0 Å². The van der Waals surface area contributed by atoms with Gasteiger partial charge in [0.15, 0.2) is 6.79 Å². The van der Waals surface area contributed by atoms with Crippen molar-refractivity contribution in [3.63, 3.8) is 0 Å². The highest BCUT2D eigenvalue weighted by molar-refractivity contribution is 9.10. The molecule has 1 fully saturated rings. The highest BCUT2D eigenvalue weighted by atomic mass is 79.9. The third-order valence-corrected chi connectivity index (χ3v) is 4.43. The van der Waals surface area contributed by atoms with E-state index in [1.807, 2.05) is 0 Å². The van der Waals surface area contributed by atoms with Crippen molar-refractivity contribution in [2.75, 3.05) is 39.5 Å². The minimum atomic E-state index is 0.367. The second-order valence-corrected chi connectivity index (χ2v) is 5.86. The van der Waals surface area contributed by atoms with Gasteiger partial charge in [-0.1, -0.05) is 15.9 Å². The smallest absolute Gasteiger partial charge is 0.189 e. The Balaban J connectivity index is 1.66. The summed E-state index contributed by atoms with van der Waals surface area (Å²) in [5, 5.41) is 3.38. The Morgan fingerprint density at radius 1 is 1.26 bits per heavy atom. The molecule has 0 spiro atoms. The second kappa shape index (κ2) is 6.22. The first-order valence-electron chi connectivity index (χ1n) is 6.78. The number of ether oxygens (including phenoxy) is 2. The van der Waals surface area contributed by atoms with Gasteiger partial charge in [0.1, 0.15) is 5.75 Å². The molecule has 1 aromatic carbocycles. The van der Waals surface area contributed by atoms with Gasteiger partial charge < -0.3 is 19.7 Å². The number of piperazine rings is 1. The van der Waals surface area contributed by atoms with Gasteiger partial charge in [-0.15, -0.1) is 0 Å². The molecule has 19 heavy (non-hydrogen) atoms. The molecule has 1 aromatic rings. The highest BCUT2D eigenvalue weighted by Gasteiger charge is 2.15. The lowest BCUT2D eigenvalue weighted by Gasteiger charge is -2.27. The maximum absolute atomic E-state index is 5.54. The van der Waals surface area contributed by atoms with Crippen LogP contribution in [0.25, 0.3) is 0 Å². The topological polar surface area (TPSA) is 33.7 Å². The SMILES string of the molecule is Brc1cc2c(cc1CCN1CCNCC1)OCOC2. The molecule has 5 heteroatoms. The van der Waals surface area contributed by atoms with E-state index < -0.39 is 0 Å². The van der Waals surface area contributed by atoms with Gasteiger partial charge in [-0.2, -0.15) is 0 Å². The van der Waals surface area contributed by atoms with Crippen LogP contribution in [0, 0.1) is 0 Å². The van der Waals surface area contributed by atoms with Crippen LogP contribution in [0.5, 0.6) is 5.75 Å². The summed E-state index contributed by atoms with van der Waals surface area (Å²) in [4.78, 5) is 2.51. The Labute approximate surface area is 122 Å². The number of fused-ring (bicyclic) bond motifs is 1. The van der Waals surface area contributed by atoms with Crippen LogP contribution in [0.1, 0.15) is 11.1 Å². The van der Waals surface area contributed by atoms with Crippen LogP contribution in [-0.2, 0) is 17.8 Å². The van der Waals surface area contributed by atoms with Crippen LogP contribution in [0.2, 0.25) is 0 Å². The van der Waals surface area contributed by atoms with E-state index in [0.717, 1.165) is 54.9 Å². The zero-order valence-electron chi connectivity index (χ0n) is 11.0. The summed E-state index contributed by atoms with van der Waals surface area (Å²) in [5.41, 5.74) is 2.45. The Hall–Kier alpha value is -0.620. The minimum Gasteiger partial charge on any atom is -0.467 e. The Bertz CT molecular complexity index is 447. The van der Waals surface area contributed by atoms with E-state index in [9.17, 15) is 0 Å². The van der Waals surface area contributed by atoms with Gasteiger partial charge in [-0.3, -0.25) is 0 Å². The van der Waals surface area contributed by atoms with Crippen LogP contribution in [0.4, 0.5) is 0 Å². The van der Waals surface area contributed by atoms with Crippen molar-refractivity contribution in [3.8, 4) is 5.75 Å². The molecule has 0 aliphatic carbocycles. The molecule has 0 unspecified atom stereocenters. The van der Waals surface area contributed by atoms with Crippen molar-refractivity contribution in [2.24, 2.45) is 0 Å². The first-order valence-corrected chi connectivity index (χ1v) is 7.57. The number of halogens is 1. The molecular weight excluding hydrogens is 308 g/mol. The van der Waals surface area contributed by atoms with Crippen molar-refractivity contribution in [2.45, 2.75) is 13.0 Å². The van der Waals surface area contributed by atoms with E-state index in [1.165, 1.54) is 5.56 Å². The molecule has 0 saturated carbocycles. The van der Waals surface area contributed by atoms with E-state index in [4.69, 9.17) is 9.47 Å². The van der Waals surface area contributed by atoms with Gasteiger partial charge in [-0.05, 0) is 24.1 Å². The molecular formula is C14H19BrN2O2. The molecule has 2 aliphatic rings. The molecule has 0 aromatic heterocycles. The zero-order chi connectivity index (χ0) is 13.1. The van der Waals surface area contributed by atoms with E-state index >= 15 is 0 Å². The predicted molar refractivity (Wildman–Crippen MR) is 77.4 cm³/mol. The third kappa shape index (κ3) is 3.28. The number of rotatable bonds is 3. The summed E-state index contributed by atoms with van der Waals surface area (Å²) < 4.78 is 12.0. The standard InChI is InChI=1S/C14H19BrN2O2/c15-13-7-12-9-18-10-19-14(12)8-11(13)1-4-17-5-2-16-3-6-17/h7-8,16H,1-6,9-10H2. The molecule has 3 rings (SSSR count). The fraction of sp³-hybridized carbons (Fsp3) is 0.571. The zero-order valence-corrected chi connectivity index (χ0v) is 12.5. The number of benzene rings is 1. The predicted octanol–water partition coefficient (Wildman–Crippen LogP) is 1.76. The summed E-state index contributed by atoms with van der Waals surface area (Å²) in [6, 6.07) is 4.28. The van der Waals surface area contributed by atoms with Gasteiger partial charge in [0.2, 0.25) is 0 Å². The average Bonchev–Trinajstić information content (AvgIpc) is 2.46. The third-order valence-electron chi connectivity index (χ3n) is 3.69. The monoisotopic (exact) mass is 326 g/mol. The Kier molecular flexibility index (Phi) is 4.38. The van der Waals surface area contributed by atoms with Crippen molar-refractivity contribution in [1.82, 2.24) is 10.2 Å². The maximum Gasteiger partial charge on any atom is 0.189 e. The van der Waals surface area contributed by atoms with Crippen molar-refractivity contribution >= 4 is 15.9 Å². The number of nitrogens with zero attached hydrogens (tertiary/aromatic N) is 1. The summed E-state index contributed by atoms with van der Waals surface area (Å²) in [6.45, 7) is 6.62. The normalized spacial score (nSPS) is 19.8. The van der Waals surface area contributed by atoms with Gasteiger partial charge in [0.25, 0.3) is 0 Å². The molecule has 1 N–H and O–H groups in total. The average molecular weight is 327 g/mol. The van der Waals surface area contributed by atoms with Gasteiger partial charge in [-0.25, -0.2) is 0 Å². The fourth-order valence-electron chi connectivity index (χ4n) is 2.55. The van der Waals surface area contributed by atoms with E-state index in [0.29, 0.717) is 13.4 Å². The van der Waals surface area contributed by atoms with Crippen LogP contribution in [-0.4, -0.2) is 44.4 Å². The number of nitrogens with one attached hydrogen (secondary N) is 1. The fourth-order valence-corrected chi connectivity index (χ4v) is 3.13. The van der Waals surface area contributed by atoms with E-state index in [2.05, 4.69) is 38.3 Å². The first kappa shape index (κ1) is 13.4. The number of hydrogen-bond donors (Lipinski definition) is 1. The molecule has 0 amide bonds. The number of hydrogen-bond acceptors (Lipinski definition) is 4. The first-order chi connectivity index (χ1) is 9.33. The van der Waals surface area contributed by atoms with Crippen LogP contribution >= 0.6 is 15.9 Å².